The summed E-state index contributed by atoms with van der Waals surface area (Å²) >= 11 is 0. The summed E-state index contributed by atoms with van der Waals surface area (Å²) < 4.78 is 0. The van der Waals surface area contributed by atoms with E-state index in [1.165, 1.54) is 39.0 Å². The Kier molecular flexibility index (Phi) is 8.15. The van der Waals surface area contributed by atoms with E-state index in [1.54, 1.807) is 0 Å². The molecule has 0 N–H and O–H groups in total. The lowest BCUT2D eigenvalue weighted by Crippen LogP contribution is -2.09. The third-order valence-corrected chi connectivity index (χ3v) is 8.10. The van der Waals surface area contributed by atoms with Gasteiger partial charge in [0, 0.05) is 17.1 Å². The van der Waals surface area contributed by atoms with Gasteiger partial charge in [0.25, 0.3) is 0 Å². The first-order valence-electron chi connectivity index (χ1n) is 15.4. The zero-order valence-corrected chi connectivity index (χ0v) is 25.0. The first kappa shape index (κ1) is 27.9. The summed E-state index contributed by atoms with van der Waals surface area (Å²) in [7, 11) is 0. The zero-order valence-electron chi connectivity index (χ0n) is 25.0. The van der Waals surface area contributed by atoms with Gasteiger partial charge in [-0.3, -0.25) is 0 Å². The molecule has 0 unspecified atom stereocenters. The molecule has 7 rings (SSSR count). The van der Waals surface area contributed by atoms with E-state index in [9.17, 15) is 0 Å². The molecule has 45 heavy (non-hydrogen) atoms. The van der Waals surface area contributed by atoms with Crippen LogP contribution in [0.4, 0.5) is 17.1 Å². The van der Waals surface area contributed by atoms with Crippen LogP contribution in [-0.4, -0.2) is 0 Å². The molecule has 1 nitrogen and oxygen atoms in total. The molecule has 0 aliphatic carbocycles. The summed E-state index contributed by atoms with van der Waals surface area (Å²) in [6, 6.07) is 68.8. The van der Waals surface area contributed by atoms with Crippen molar-refractivity contribution in [2.24, 2.45) is 0 Å². The van der Waals surface area contributed by atoms with E-state index in [0.717, 1.165) is 22.6 Å². The molecule has 0 radical (unpaired) electrons. The van der Waals surface area contributed by atoms with Gasteiger partial charge in [0.2, 0.25) is 0 Å². The van der Waals surface area contributed by atoms with Crippen molar-refractivity contribution < 1.29 is 0 Å². The fraction of sp³-hybridized carbons (Fsp3) is 0. The highest BCUT2D eigenvalue weighted by molar-refractivity contribution is 5.92. The van der Waals surface area contributed by atoms with Gasteiger partial charge in [-0.05, 0) is 87.0 Å². The van der Waals surface area contributed by atoms with Gasteiger partial charge in [0.15, 0.2) is 0 Å². The Labute approximate surface area is 266 Å². The van der Waals surface area contributed by atoms with E-state index in [0.29, 0.717) is 0 Å². The highest BCUT2D eigenvalue weighted by Crippen LogP contribution is 2.37. The van der Waals surface area contributed by atoms with Crippen molar-refractivity contribution in [3.8, 4) is 22.3 Å². The van der Waals surface area contributed by atoms with Crippen molar-refractivity contribution in [3.63, 3.8) is 0 Å². The Morgan fingerprint density at radius 3 is 1.00 bits per heavy atom. The summed E-state index contributed by atoms with van der Waals surface area (Å²) in [6.07, 6.45) is 2.28. The largest absolute Gasteiger partial charge is 0.311 e. The number of hydrogen-bond acceptors (Lipinski definition) is 1. The Morgan fingerprint density at radius 2 is 0.622 bits per heavy atom. The average Bonchev–Trinajstić information content (AvgIpc) is 3.13. The van der Waals surface area contributed by atoms with E-state index in [4.69, 9.17) is 0 Å². The number of hydrogen-bond donors (Lipinski definition) is 0. The normalized spacial score (nSPS) is 10.7. The molecular formula is C44H33N. The number of benzene rings is 7. The monoisotopic (exact) mass is 575 g/mol. The van der Waals surface area contributed by atoms with Crippen LogP contribution in [0.5, 0.6) is 0 Å². The molecular weight excluding hydrogens is 542 g/mol. The number of anilines is 3. The van der Waals surface area contributed by atoms with Crippen molar-refractivity contribution in [1.29, 1.82) is 0 Å². The van der Waals surface area contributed by atoms with Crippen LogP contribution >= 0.6 is 0 Å². The van der Waals surface area contributed by atoms with Crippen molar-refractivity contribution in [3.05, 3.63) is 211 Å². The number of rotatable bonds is 8. The second-order valence-electron chi connectivity index (χ2n) is 11.0. The molecule has 0 spiro atoms. The van der Waals surface area contributed by atoms with Crippen LogP contribution in [0.2, 0.25) is 0 Å². The van der Waals surface area contributed by atoms with Gasteiger partial charge in [-0.2, -0.15) is 0 Å². The van der Waals surface area contributed by atoms with Crippen molar-refractivity contribution in [2.75, 3.05) is 4.90 Å². The highest BCUT2D eigenvalue weighted by Gasteiger charge is 2.14. The average molecular weight is 576 g/mol. The summed E-state index contributed by atoms with van der Waals surface area (Å²) in [5, 5.41) is 0. The predicted octanol–water partition coefficient (Wildman–Crippen LogP) is 12.1. The molecule has 7 aromatic rings. The second-order valence-corrected chi connectivity index (χ2v) is 11.0. The van der Waals surface area contributed by atoms with Gasteiger partial charge >= 0.3 is 0 Å². The van der Waals surface area contributed by atoms with E-state index < -0.39 is 0 Å². The summed E-state index contributed by atoms with van der Waals surface area (Å²) in [4.78, 5) is 2.33. The molecule has 0 amide bonds. The fourth-order valence-corrected chi connectivity index (χ4v) is 5.77. The lowest BCUT2D eigenvalue weighted by molar-refractivity contribution is 1.28. The van der Waals surface area contributed by atoms with Gasteiger partial charge in [-0.1, -0.05) is 158 Å². The molecule has 0 heterocycles. The van der Waals surface area contributed by atoms with Gasteiger partial charge < -0.3 is 4.90 Å². The maximum Gasteiger partial charge on any atom is 0.0462 e. The predicted molar refractivity (Wildman–Crippen MR) is 192 cm³/mol. The zero-order chi connectivity index (χ0) is 30.3. The smallest absolute Gasteiger partial charge is 0.0462 e. The molecule has 0 saturated heterocycles. The quantitative estimate of drug-likeness (QED) is 0.163. The molecule has 0 bridgehead atoms. The Hall–Kier alpha value is -5.92. The first-order chi connectivity index (χ1) is 22.3. The molecule has 7 aromatic carbocycles. The van der Waals surface area contributed by atoms with Crippen LogP contribution in [-0.2, 0) is 0 Å². The maximum atomic E-state index is 2.33. The van der Waals surface area contributed by atoms with E-state index in [2.05, 4.69) is 205 Å². The van der Waals surface area contributed by atoms with Crippen LogP contribution < -0.4 is 4.90 Å². The van der Waals surface area contributed by atoms with Crippen LogP contribution in [0.15, 0.2) is 194 Å². The summed E-state index contributed by atoms with van der Waals surface area (Å²) in [5.74, 6) is 0. The number of nitrogens with zero attached hydrogens (tertiary/aromatic N) is 1. The molecule has 0 aliphatic rings. The first-order valence-corrected chi connectivity index (χ1v) is 15.4. The molecule has 0 saturated carbocycles. The summed E-state index contributed by atoms with van der Waals surface area (Å²) in [6.45, 7) is 0. The standard InChI is InChI=1S/C44H33N/c1-5-13-35(14-6-1)37-23-29-42(30-24-37)45(43-31-25-38(26-32-43)36-15-7-2-8-16-36)41-27-21-34(22-28-41)33-44(39-17-9-3-10-18-39)40-19-11-4-12-20-40/h1-33H. The minimum absolute atomic E-state index is 1.10. The van der Waals surface area contributed by atoms with Crippen molar-refractivity contribution in [2.45, 2.75) is 0 Å². The molecule has 214 valence electrons. The topological polar surface area (TPSA) is 3.24 Å². The molecule has 0 fully saturated rings. The molecule has 0 aliphatic heterocycles. The SMILES string of the molecule is C(=C(c1ccccc1)c1ccccc1)c1ccc(N(c2ccc(-c3ccccc3)cc2)c2ccc(-c3ccccc3)cc2)cc1. The lowest BCUT2D eigenvalue weighted by atomic mass is 9.95. The van der Waals surface area contributed by atoms with E-state index >= 15 is 0 Å². The van der Waals surface area contributed by atoms with Crippen LogP contribution in [0.1, 0.15) is 16.7 Å². The van der Waals surface area contributed by atoms with Gasteiger partial charge in [0.05, 0.1) is 0 Å². The minimum Gasteiger partial charge on any atom is -0.311 e. The van der Waals surface area contributed by atoms with Crippen LogP contribution in [0.3, 0.4) is 0 Å². The lowest BCUT2D eigenvalue weighted by Gasteiger charge is -2.26. The molecule has 1 heteroatoms. The Balaban J connectivity index is 1.26. The Morgan fingerprint density at radius 1 is 0.311 bits per heavy atom. The van der Waals surface area contributed by atoms with Gasteiger partial charge in [-0.15, -0.1) is 0 Å². The highest BCUT2D eigenvalue weighted by atomic mass is 15.1. The molecule has 0 atom stereocenters. The minimum atomic E-state index is 1.10. The van der Waals surface area contributed by atoms with E-state index in [-0.39, 0.29) is 0 Å². The fourth-order valence-electron chi connectivity index (χ4n) is 5.77. The van der Waals surface area contributed by atoms with Crippen LogP contribution in [0, 0.1) is 0 Å². The second kappa shape index (κ2) is 13.2. The van der Waals surface area contributed by atoms with E-state index in [1.807, 2.05) is 0 Å². The Bertz CT molecular complexity index is 1850. The van der Waals surface area contributed by atoms with Crippen LogP contribution in [0.25, 0.3) is 33.9 Å². The third-order valence-electron chi connectivity index (χ3n) is 8.10. The molecule has 0 aromatic heterocycles. The van der Waals surface area contributed by atoms with Gasteiger partial charge in [-0.25, -0.2) is 0 Å². The maximum absolute atomic E-state index is 2.33. The van der Waals surface area contributed by atoms with Crippen molar-refractivity contribution >= 4 is 28.7 Å². The van der Waals surface area contributed by atoms with Crippen molar-refractivity contribution in [1.82, 2.24) is 0 Å². The third kappa shape index (κ3) is 6.39. The summed E-state index contributed by atoms with van der Waals surface area (Å²) in [5.41, 5.74) is 12.9. The van der Waals surface area contributed by atoms with Gasteiger partial charge in [0.1, 0.15) is 0 Å².